The Bertz CT molecular complexity index is 624. The Morgan fingerprint density at radius 3 is 2.43 bits per heavy atom. The quantitative estimate of drug-likeness (QED) is 0.903. The number of nitrogens with one attached hydrogen (secondary N) is 2. The molecule has 0 amide bonds. The lowest BCUT2D eigenvalue weighted by Gasteiger charge is -2.15. The van der Waals surface area contributed by atoms with Crippen molar-refractivity contribution >= 4 is 11.6 Å². The van der Waals surface area contributed by atoms with Gasteiger partial charge in [-0.3, -0.25) is 0 Å². The number of rotatable bonds is 4. The van der Waals surface area contributed by atoms with E-state index in [4.69, 9.17) is 4.42 Å². The SMILES string of the molecule is CNc1cc(C(F)(F)F)cc(NC(C)c2ncc(C)o2)n1. The average Bonchev–Trinajstić information content (AvgIpc) is 2.84. The molecular weight excluding hydrogens is 285 g/mol. The molecule has 0 saturated carbocycles. The van der Waals surface area contributed by atoms with E-state index in [1.54, 1.807) is 20.0 Å². The summed E-state index contributed by atoms with van der Waals surface area (Å²) in [5.74, 6) is 1.24. The Labute approximate surface area is 119 Å². The molecule has 8 heteroatoms. The van der Waals surface area contributed by atoms with Gasteiger partial charge in [0.15, 0.2) is 0 Å². The summed E-state index contributed by atoms with van der Waals surface area (Å²) in [7, 11) is 1.51. The highest BCUT2D eigenvalue weighted by Crippen LogP contribution is 2.32. The second-order valence-corrected chi connectivity index (χ2v) is 4.55. The number of aromatic nitrogens is 2. The lowest BCUT2D eigenvalue weighted by molar-refractivity contribution is -0.137. The summed E-state index contributed by atoms with van der Waals surface area (Å²) in [6.45, 7) is 3.47. The van der Waals surface area contributed by atoms with E-state index in [1.165, 1.54) is 7.05 Å². The van der Waals surface area contributed by atoms with E-state index in [0.29, 0.717) is 11.7 Å². The lowest BCUT2D eigenvalue weighted by Crippen LogP contribution is -2.12. The summed E-state index contributed by atoms with van der Waals surface area (Å²) in [6.07, 6.45) is -2.89. The third-order valence-electron chi connectivity index (χ3n) is 2.78. The molecule has 2 aromatic heterocycles. The van der Waals surface area contributed by atoms with Gasteiger partial charge in [-0.2, -0.15) is 13.2 Å². The topological polar surface area (TPSA) is 63.0 Å². The molecular formula is C13H15F3N4O. The van der Waals surface area contributed by atoms with Crippen LogP contribution in [0.4, 0.5) is 24.8 Å². The molecule has 1 atom stereocenters. The van der Waals surface area contributed by atoms with Crippen molar-refractivity contribution < 1.29 is 17.6 Å². The molecule has 114 valence electrons. The van der Waals surface area contributed by atoms with Gasteiger partial charge in [0.1, 0.15) is 23.4 Å². The Kier molecular flexibility index (Phi) is 4.06. The van der Waals surface area contributed by atoms with Crippen LogP contribution in [0.1, 0.15) is 30.2 Å². The molecule has 0 bridgehead atoms. The van der Waals surface area contributed by atoms with Crippen molar-refractivity contribution in [3.8, 4) is 0 Å². The summed E-state index contributed by atoms with van der Waals surface area (Å²) < 4.78 is 43.8. The number of pyridine rings is 1. The fourth-order valence-corrected chi connectivity index (χ4v) is 1.75. The number of hydrogen-bond donors (Lipinski definition) is 2. The van der Waals surface area contributed by atoms with Crippen LogP contribution in [0.25, 0.3) is 0 Å². The number of nitrogens with zero attached hydrogens (tertiary/aromatic N) is 2. The van der Waals surface area contributed by atoms with Crippen molar-refractivity contribution in [2.75, 3.05) is 17.7 Å². The fourth-order valence-electron chi connectivity index (χ4n) is 1.75. The molecule has 2 aromatic rings. The summed E-state index contributed by atoms with van der Waals surface area (Å²) in [5, 5.41) is 5.46. The molecule has 2 rings (SSSR count). The Morgan fingerprint density at radius 1 is 1.24 bits per heavy atom. The third-order valence-corrected chi connectivity index (χ3v) is 2.78. The maximum atomic E-state index is 12.8. The standard InChI is InChI=1S/C13H15F3N4O/c1-7-6-18-12(21-7)8(2)19-11-5-9(13(14,15)16)4-10(17-3)20-11/h4-6,8H,1-3H3,(H2,17,19,20). The molecule has 0 saturated heterocycles. The Hall–Kier alpha value is -2.25. The summed E-state index contributed by atoms with van der Waals surface area (Å²) in [6, 6.07) is 1.50. The molecule has 0 radical (unpaired) electrons. The van der Waals surface area contributed by atoms with E-state index in [-0.39, 0.29) is 11.6 Å². The smallest absolute Gasteiger partial charge is 0.416 e. The second-order valence-electron chi connectivity index (χ2n) is 4.55. The number of anilines is 2. The van der Waals surface area contributed by atoms with E-state index < -0.39 is 17.8 Å². The van der Waals surface area contributed by atoms with Crippen LogP contribution in [-0.4, -0.2) is 17.0 Å². The van der Waals surface area contributed by atoms with Crippen LogP contribution in [0, 0.1) is 6.92 Å². The largest absolute Gasteiger partial charge is 0.444 e. The first-order chi connectivity index (χ1) is 9.79. The Balaban J connectivity index is 2.27. The molecule has 2 heterocycles. The molecule has 1 unspecified atom stereocenters. The van der Waals surface area contributed by atoms with Crippen LogP contribution in [0.5, 0.6) is 0 Å². The maximum Gasteiger partial charge on any atom is 0.416 e. The second kappa shape index (κ2) is 5.63. The minimum atomic E-state index is -4.44. The first kappa shape index (κ1) is 15.1. The van der Waals surface area contributed by atoms with Crippen LogP contribution in [0.15, 0.2) is 22.7 Å². The van der Waals surface area contributed by atoms with Crippen molar-refractivity contribution in [2.45, 2.75) is 26.1 Å². The average molecular weight is 300 g/mol. The van der Waals surface area contributed by atoms with E-state index in [2.05, 4.69) is 20.6 Å². The van der Waals surface area contributed by atoms with Crippen LogP contribution in [0.2, 0.25) is 0 Å². The van der Waals surface area contributed by atoms with Crippen LogP contribution in [0.3, 0.4) is 0 Å². The van der Waals surface area contributed by atoms with Gasteiger partial charge in [-0.15, -0.1) is 0 Å². The number of aryl methyl sites for hydroxylation is 1. The normalized spacial score (nSPS) is 13.0. The fraction of sp³-hybridized carbons (Fsp3) is 0.385. The van der Waals surface area contributed by atoms with Crippen molar-refractivity contribution in [1.29, 1.82) is 0 Å². The molecule has 0 aliphatic carbocycles. The molecule has 0 aliphatic heterocycles. The minimum absolute atomic E-state index is 0.0949. The zero-order valence-corrected chi connectivity index (χ0v) is 11.7. The highest BCUT2D eigenvalue weighted by Gasteiger charge is 2.31. The monoisotopic (exact) mass is 300 g/mol. The summed E-state index contributed by atoms with van der Waals surface area (Å²) in [5.41, 5.74) is -0.778. The van der Waals surface area contributed by atoms with Gasteiger partial charge in [-0.05, 0) is 26.0 Å². The van der Waals surface area contributed by atoms with Crippen molar-refractivity contribution in [3.63, 3.8) is 0 Å². The van der Waals surface area contributed by atoms with Gasteiger partial charge < -0.3 is 15.1 Å². The highest BCUT2D eigenvalue weighted by atomic mass is 19.4. The summed E-state index contributed by atoms with van der Waals surface area (Å²) >= 11 is 0. The van der Waals surface area contributed by atoms with Gasteiger partial charge in [-0.25, -0.2) is 9.97 Å². The van der Waals surface area contributed by atoms with Crippen molar-refractivity contribution in [1.82, 2.24) is 9.97 Å². The zero-order valence-electron chi connectivity index (χ0n) is 11.7. The number of halogens is 3. The molecule has 21 heavy (non-hydrogen) atoms. The van der Waals surface area contributed by atoms with Crippen LogP contribution >= 0.6 is 0 Å². The zero-order chi connectivity index (χ0) is 15.6. The Morgan fingerprint density at radius 2 is 1.90 bits per heavy atom. The number of oxazole rings is 1. The first-order valence-electron chi connectivity index (χ1n) is 6.25. The van der Waals surface area contributed by atoms with Gasteiger partial charge in [0, 0.05) is 7.05 Å². The lowest BCUT2D eigenvalue weighted by atomic mass is 10.2. The van der Waals surface area contributed by atoms with E-state index >= 15 is 0 Å². The van der Waals surface area contributed by atoms with E-state index in [9.17, 15) is 13.2 Å². The number of hydrogen-bond acceptors (Lipinski definition) is 5. The third kappa shape index (κ3) is 3.65. The van der Waals surface area contributed by atoms with Gasteiger partial charge in [0.05, 0.1) is 11.8 Å². The van der Waals surface area contributed by atoms with Gasteiger partial charge in [-0.1, -0.05) is 0 Å². The van der Waals surface area contributed by atoms with Crippen molar-refractivity contribution in [2.24, 2.45) is 0 Å². The predicted molar refractivity (Wildman–Crippen MR) is 72.1 cm³/mol. The maximum absolute atomic E-state index is 12.8. The van der Waals surface area contributed by atoms with Gasteiger partial charge >= 0.3 is 6.18 Å². The molecule has 0 aromatic carbocycles. The van der Waals surface area contributed by atoms with E-state index in [1.807, 2.05) is 0 Å². The van der Waals surface area contributed by atoms with E-state index in [0.717, 1.165) is 12.1 Å². The number of alkyl halides is 3. The van der Waals surface area contributed by atoms with Crippen LogP contribution < -0.4 is 10.6 Å². The predicted octanol–water partition coefficient (Wildman–Crippen LogP) is 3.61. The summed E-state index contributed by atoms with van der Waals surface area (Å²) in [4.78, 5) is 8.08. The molecule has 2 N–H and O–H groups in total. The van der Waals surface area contributed by atoms with Crippen LogP contribution in [-0.2, 0) is 6.18 Å². The highest BCUT2D eigenvalue weighted by molar-refractivity contribution is 5.50. The molecule has 0 fully saturated rings. The van der Waals surface area contributed by atoms with Gasteiger partial charge in [0.2, 0.25) is 5.89 Å². The van der Waals surface area contributed by atoms with Gasteiger partial charge in [0.25, 0.3) is 0 Å². The molecule has 0 spiro atoms. The molecule has 5 nitrogen and oxygen atoms in total. The van der Waals surface area contributed by atoms with Crippen molar-refractivity contribution in [3.05, 3.63) is 35.5 Å². The molecule has 0 aliphatic rings. The first-order valence-corrected chi connectivity index (χ1v) is 6.25. The minimum Gasteiger partial charge on any atom is -0.444 e.